The molecule has 3 aliphatic rings. The van der Waals surface area contributed by atoms with Crippen molar-refractivity contribution in [2.45, 2.75) is 69.3 Å². The van der Waals surface area contributed by atoms with Crippen LogP contribution in [-0.2, 0) is 9.47 Å². The van der Waals surface area contributed by atoms with Crippen molar-refractivity contribution in [3.05, 3.63) is 0 Å². The first-order valence-electron chi connectivity index (χ1n) is 7.97. The molecule has 0 bridgehead atoms. The number of aliphatic hydroxyl groups is 1. The molecule has 2 N–H and O–H groups in total. The molecule has 1 spiro atoms. The van der Waals surface area contributed by atoms with Crippen LogP contribution in [-0.4, -0.2) is 42.8 Å². The first kappa shape index (κ1) is 13.8. The zero-order chi connectivity index (χ0) is 13.1. The molecule has 3 rings (SSSR count). The van der Waals surface area contributed by atoms with Crippen LogP contribution in [0.15, 0.2) is 0 Å². The van der Waals surface area contributed by atoms with Gasteiger partial charge in [0.15, 0.2) is 5.79 Å². The normalized spacial score (nSPS) is 35.8. The van der Waals surface area contributed by atoms with Crippen LogP contribution in [0.25, 0.3) is 0 Å². The average molecular weight is 269 g/mol. The van der Waals surface area contributed by atoms with Gasteiger partial charge < -0.3 is 19.9 Å². The second-order valence-electron chi connectivity index (χ2n) is 6.42. The van der Waals surface area contributed by atoms with Crippen LogP contribution >= 0.6 is 0 Å². The SMILES string of the molecule is O[C@@H]1CCCC[C@H]1NCC1CCC2(CC1)OCCO2. The summed E-state index contributed by atoms with van der Waals surface area (Å²) in [6, 6.07) is 0.323. The number of rotatable bonds is 3. The lowest BCUT2D eigenvalue weighted by molar-refractivity contribution is -0.182. The zero-order valence-corrected chi connectivity index (χ0v) is 11.8. The Morgan fingerprint density at radius 3 is 2.37 bits per heavy atom. The molecule has 0 aromatic heterocycles. The molecule has 0 aromatic carbocycles. The Morgan fingerprint density at radius 1 is 1.00 bits per heavy atom. The van der Waals surface area contributed by atoms with E-state index in [4.69, 9.17) is 9.47 Å². The summed E-state index contributed by atoms with van der Waals surface area (Å²) in [4.78, 5) is 0. The van der Waals surface area contributed by atoms with Crippen LogP contribution in [0.2, 0.25) is 0 Å². The average Bonchev–Trinajstić information content (AvgIpc) is 2.88. The molecule has 2 aliphatic carbocycles. The Labute approximate surface area is 115 Å². The van der Waals surface area contributed by atoms with Crippen LogP contribution in [0.4, 0.5) is 0 Å². The molecule has 1 saturated heterocycles. The summed E-state index contributed by atoms with van der Waals surface area (Å²) in [5.41, 5.74) is 0. The molecular formula is C15H27NO3. The van der Waals surface area contributed by atoms with Crippen molar-refractivity contribution in [2.24, 2.45) is 5.92 Å². The highest BCUT2D eigenvalue weighted by atomic mass is 16.7. The van der Waals surface area contributed by atoms with Gasteiger partial charge in [-0.3, -0.25) is 0 Å². The summed E-state index contributed by atoms with van der Waals surface area (Å²) >= 11 is 0. The fraction of sp³-hybridized carbons (Fsp3) is 1.00. The molecule has 0 radical (unpaired) electrons. The van der Waals surface area contributed by atoms with E-state index < -0.39 is 0 Å². The van der Waals surface area contributed by atoms with Gasteiger partial charge in [-0.2, -0.15) is 0 Å². The lowest BCUT2D eigenvalue weighted by atomic mass is 9.84. The van der Waals surface area contributed by atoms with Crippen molar-refractivity contribution in [1.82, 2.24) is 5.32 Å². The molecule has 4 heteroatoms. The first-order chi connectivity index (χ1) is 9.27. The standard InChI is InChI=1S/C15H27NO3/c17-14-4-2-1-3-13(14)16-11-12-5-7-15(8-6-12)18-9-10-19-15/h12-14,16-17H,1-11H2/t13-,14-/m1/s1. The quantitative estimate of drug-likeness (QED) is 0.820. The molecule has 0 unspecified atom stereocenters. The van der Waals surface area contributed by atoms with E-state index in [0.29, 0.717) is 12.0 Å². The second kappa shape index (κ2) is 6.08. The van der Waals surface area contributed by atoms with Crippen molar-refractivity contribution in [2.75, 3.05) is 19.8 Å². The molecule has 2 saturated carbocycles. The number of aliphatic hydroxyl groups excluding tert-OH is 1. The van der Waals surface area contributed by atoms with E-state index in [2.05, 4.69) is 5.32 Å². The number of hydrogen-bond donors (Lipinski definition) is 2. The molecule has 1 heterocycles. The molecule has 3 fully saturated rings. The number of ether oxygens (including phenoxy) is 2. The first-order valence-corrected chi connectivity index (χ1v) is 7.97. The van der Waals surface area contributed by atoms with Gasteiger partial charge in [0.1, 0.15) is 0 Å². The summed E-state index contributed by atoms with van der Waals surface area (Å²) in [6.07, 6.45) is 8.82. The van der Waals surface area contributed by atoms with E-state index >= 15 is 0 Å². The van der Waals surface area contributed by atoms with Gasteiger partial charge >= 0.3 is 0 Å². The van der Waals surface area contributed by atoms with E-state index in [-0.39, 0.29) is 11.9 Å². The highest BCUT2D eigenvalue weighted by Gasteiger charge is 2.40. The fourth-order valence-electron chi connectivity index (χ4n) is 3.77. The van der Waals surface area contributed by atoms with Gasteiger partial charge in [0.2, 0.25) is 0 Å². The minimum absolute atomic E-state index is 0.134. The Hall–Kier alpha value is -0.160. The molecule has 110 valence electrons. The largest absolute Gasteiger partial charge is 0.392 e. The summed E-state index contributed by atoms with van der Waals surface area (Å²) < 4.78 is 11.5. The van der Waals surface area contributed by atoms with Crippen molar-refractivity contribution in [3.8, 4) is 0 Å². The van der Waals surface area contributed by atoms with Gasteiger partial charge in [0, 0.05) is 18.9 Å². The molecule has 4 nitrogen and oxygen atoms in total. The lowest BCUT2D eigenvalue weighted by Gasteiger charge is -2.36. The molecule has 1 aliphatic heterocycles. The van der Waals surface area contributed by atoms with Crippen molar-refractivity contribution in [3.63, 3.8) is 0 Å². The van der Waals surface area contributed by atoms with Crippen LogP contribution in [0.5, 0.6) is 0 Å². The maximum atomic E-state index is 9.96. The summed E-state index contributed by atoms with van der Waals surface area (Å²) in [6.45, 7) is 2.56. The van der Waals surface area contributed by atoms with E-state index in [1.807, 2.05) is 0 Å². The van der Waals surface area contributed by atoms with Crippen LogP contribution in [0.1, 0.15) is 51.4 Å². The van der Waals surface area contributed by atoms with E-state index in [9.17, 15) is 5.11 Å². The Bertz CT molecular complexity index is 281. The summed E-state index contributed by atoms with van der Waals surface area (Å²) in [5.74, 6) is 0.480. The molecular weight excluding hydrogens is 242 g/mol. The highest BCUT2D eigenvalue weighted by Crippen LogP contribution is 2.38. The minimum Gasteiger partial charge on any atom is -0.392 e. The predicted octanol–water partition coefficient (Wildman–Crippen LogP) is 1.81. The Balaban J connectivity index is 1.40. The second-order valence-corrected chi connectivity index (χ2v) is 6.42. The predicted molar refractivity (Wildman–Crippen MR) is 72.9 cm³/mol. The summed E-state index contributed by atoms with van der Waals surface area (Å²) in [7, 11) is 0. The third kappa shape index (κ3) is 3.30. The smallest absolute Gasteiger partial charge is 0.168 e. The Kier molecular flexibility index (Phi) is 4.42. The van der Waals surface area contributed by atoms with Gasteiger partial charge in [-0.05, 0) is 38.1 Å². The maximum absolute atomic E-state index is 9.96. The summed E-state index contributed by atoms with van der Waals surface area (Å²) in [5, 5.41) is 13.6. The van der Waals surface area contributed by atoms with Gasteiger partial charge in [0.05, 0.1) is 19.3 Å². The maximum Gasteiger partial charge on any atom is 0.168 e. The van der Waals surface area contributed by atoms with Gasteiger partial charge in [0.25, 0.3) is 0 Å². The van der Waals surface area contributed by atoms with Crippen molar-refractivity contribution >= 4 is 0 Å². The van der Waals surface area contributed by atoms with E-state index in [1.54, 1.807) is 0 Å². The van der Waals surface area contributed by atoms with Gasteiger partial charge in [-0.25, -0.2) is 0 Å². The van der Waals surface area contributed by atoms with Crippen LogP contribution in [0, 0.1) is 5.92 Å². The highest BCUT2D eigenvalue weighted by molar-refractivity contribution is 4.85. The van der Waals surface area contributed by atoms with Crippen LogP contribution in [0.3, 0.4) is 0 Å². The molecule has 0 aromatic rings. The van der Waals surface area contributed by atoms with E-state index in [0.717, 1.165) is 45.4 Å². The van der Waals surface area contributed by atoms with Gasteiger partial charge in [-0.1, -0.05) is 12.8 Å². The number of nitrogens with one attached hydrogen (secondary N) is 1. The van der Waals surface area contributed by atoms with Gasteiger partial charge in [-0.15, -0.1) is 0 Å². The fourth-order valence-corrected chi connectivity index (χ4v) is 3.77. The monoisotopic (exact) mass is 269 g/mol. The number of hydrogen-bond acceptors (Lipinski definition) is 4. The van der Waals surface area contributed by atoms with Crippen molar-refractivity contribution in [1.29, 1.82) is 0 Å². The third-order valence-electron chi connectivity index (χ3n) is 5.08. The molecule has 0 amide bonds. The Morgan fingerprint density at radius 2 is 1.68 bits per heavy atom. The zero-order valence-electron chi connectivity index (χ0n) is 11.8. The topological polar surface area (TPSA) is 50.7 Å². The van der Waals surface area contributed by atoms with E-state index in [1.165, 1.54) is 25.7 Å². The minimum atomic E-state index is -0.235. The molecule has 2 atom stereocenters. The molecule has 19 heavy (non-hydrogen) atoms. The van der Waals surface area contributed by atoms with Crippen LogP contribution < -0.4 is 5.32 Å². The van der Waals surface area contributed by atoms with Crippen molar-refractivity contribution < 1.29 is 14.6 Å². The third-order valence-corrected chi connectivity index (χ3v) is 5.08. The lowest BCUT2D eigenvalue weighted by Crippen LogP contribution is -2.45.